The van der Waals surface area contributed by atoms with E-state index in [1.165, 1.54) is 0 Å². The Kier molecular flexibility index (Phi) is 3.63. The van der Waals surface area contributed by atoms with Crippen molar-refractivity contribution in [3.05, 3.63) is 31.8 Å². The van der Waals surface area contributed by atoms with Crippen LogP contribution in [-0.2, 0) is 11.3 Å². The van der Waals surface area contributed by atoms with E-state index < -0.39 is 22.2 Å². The van der Waals surface area contributed by atoms with Gasteiger partial charge in [0, 0.05) is 19.8 Å². The van der Waals surface area contributed by atoms with E-state index in [0.717, 1.165) is 17.4 Å². The highest BCUT2D eigenvalue weighted by Crippen LogP contribution is 2.15. The minimum absolute atomic E-state index is 0.156. The number of hydrogen-bond donors (Lipinski definition) is 1. The molecule has 1 saturated heterocycles. The molecule has 1 fully saturated rings. The first-order valence-corrected chi connectivity index (χ1v) is 5.73. The molecule has 1 aromatic rings. The highest BCUT2D eigenvalue weighted by atomic mass is 35.5. The van der Waals surface area contributed by atoms with Gasteiger partial charge in [-0.3, -0.25) is 14.3 Å². The fourth-order valence-electron chi connectivity index (χ4n) is 1.87. The Labute approximate surface area is 101 Å². The lowest BCUT2D eigenvalue weighted by atomic mass is 10.0. The van der Waals surface area contributed by atoms with E-state index in [-0.39, 0.29) is 12.5 Å². The molecule has 0 unspecified atom stereocenters. The molecule has 17 heavy (non-hydrogen) atoms. The number of aromatic nitrogens is 2. The van der Waals surface area contributed by atoms with Crippen LogP contribution in [0.5, 0.6) is 0 Å². The van der Waals surface area contributed by atoms with Gasteiger partial charge in [-0.15, -0.1) is 0 Å². The van der Waals surface area contributed by atoms with E-state index in [2.05, 4.69) is 4.98 Å². The molecule has 5 nitrogen and oxygen atoms in total. The molecule has 0 saturated carbocycles. The van der Waals surface area contributed by atoms with Crippen molar-refractivity contribution in [2.45, 2.75) is 19.4 Å². The summed E-state index contributed by atoms with van der Waals surface area (Å²) in [6, 6.07) is 0. The Morgan fingerprint density at radius 3 is 2.71 bits per heavy atom. The van der Waals surface area contributed by atoms with E-state index in [1.54, 1.807) is 0 Å². The summed E-state index contributed by atoms with van der Waals surface area (Å²) in [5.41, 5.74) is -1.64. The summed E-state index contributed by atoms with van der Waals surface area (Å²) < 4.78 is 19.3. The molecule has 0 atom stereocenters. The van der Waals surface area contributed by atoms with E-state index >= 15 is 0 Å². The standard InChI is InChI=1S/C10H12ClFN2O3/c11-8-7(12)9(15)14(10(16)13-8)5-6-1-3-17-4-2-6/h6H,1-5H2,(H,13,16). The minimum atomic E-state index is -1.11. The van der Waals surface area contributed by atoms with Gasteiger partial charge in [0.15, 0.2) is 5.15 Å². The van der Waals surface area contributed by atoms with Crippen LogP contribution < -0.4 is 11.2 Å². The highest BCUT2D eigenvalue weighted by Gasteiger charge is 2.18. The van der Waals surface area contributed by atoms with Crippen LogP contribution in [0, 0.1) is 11.7 Å². The average molecular weight is 263 g/mol. The maximum absolute atomic E-state index is 13.3. The monoisotopic (exact) mass is 262 g/mol. The van der Waals surface area contributed by atoms with Crippen LogP contribution in [0.15, 0.2) is 9.59 Å². The van der Waals surface area contributed by atoms with Crippen LogP contribution in [0.3, 0.4) is 0 Å². The quantitative estimate of drug-likeness (QED) is 0.800. The molecule has 0 radical (unpaired) electrons. The predicted octanol–water partition coefficient (Wildman–Crippen LogP) is 0.756. The van der Waals surface area contributed by atoms with Gasteiger partial charge in [-0.1, -0.05) is 11.6 Å². The second kappa shape index (κ2) is 5.01. The lowest BCUT2D eigenvalue weighted by Crippen LogP contribution is -2.39. The molecule has 1 aromatic heterocycles. The van der Waals surface area contributed by atoms with E-state index in [0.29, 0.717) is 13.2 Å². The van der Waals surface area contributed by atoms with Crippen LogP contribution in [0.2, 0.25) is 5.15 Å². The van der Waals surface area contributed by atoms with Crippen LogP contribution in [0.25, 0.3) is 0 Å². The van der Waals surface area contributed by atoms with Crippen molar-refractivity contribution >= 4 is 11.6 Å². The molecule has 1 N–H and O–H groups in total. The number of hydrogen-bond acceptors (Lipinski definition) is 3. The zero-order valence-corrected chi connectivity index (χ0v) is 9.80. The van der Waals surface area contributed by atoms with Gasteiger partial charge in [0.1, 0.15) is 0 Å². The number of nitrogens with one attached hydrogen (secondary N) is 1. The second-order valence-corrected chi connectivity index (χ2v) is 4.41. The minimum Gasteiger partial charge on any atom is -0.381 e. The Morgan fingerprint density at radius 1 is 1.41 bits per heavy atom. The molecule has 0 bridgehead atoms. The van der Waals surface area contributed by atoms with Gasteiger partial charge in [-0.25, -0.2) is 4.79 Å². The Morgan fingerprint density at radius 2 is 2.06 bits per heavy atom. The lowest BCUT2D eigenvalue weighted by Gasteiger charge is -2.22. The molecule has 2 rings (SSSR count). The van der Waals surface area contributed by atoms with Crippen LogP contribution in [0.1, 0.15) is 12.8 Å². The number of ether oxygens (including phenoxy) is 1. The van der Waals surface area contributed by atoms with Gasteiger partial charge in [0.25, 0.3) is 5.56 Å². The number of nitrogens with zero attached hydrogens (tertiary/aromatic N) is 1. The van der Waals surface area contributed by atoms with Crippen LogP contribution in [-0.4, -0.2) is 22.8 Å². The molecule has 0 aromatic carbocycles. The topological polar surface area (TPSA) is 64.1 Å². The first-order valence-electron chi connectivity index (χ1n) is 5.35. The first-order chi connectivity index (χ1) is 8.09. The summed E-state index contributed by atoms with van der Waals surface area (Å²) in [6.45, 7) is 1.41. The summed E-state index contributed by atoms with van der Waals surface area (Å²) in [4.78, 5) is 25.2. The summed E-state index contributed by atoms with van der Waals surface area (Å²) in [5, 5.41) is -0.539. The zero-order valence-electron chi connectivity index (χ0n) is 9.04. The van der Waals surface area contributed by atoms with Crippen molar-refractivity contribution in [1.82, 2.24) is 9.55 Å². The maximum Gasteiger partial charge on any atom is 0.329 e. The fourth-order valence-corrected chi connectivity index (χ4v) is 2.04. The Hall–Kier alpha value is -1.14. The third-order valence-corrected chi connectivity index (χ3v) is 3.13. The number of H-pyrrole nitrogens is 1. The number of halogens is 2. The van der Waals surface area contributed by atoms with E-state index in [1.807, 2.05) is 0 Å². The summed E-state index contributed by atoms with van der Waals surface area (Å²) in [6.07, 6.45) is 1.52. The molecule has 0 amide bonds. The highest BCUT2D eigenvalue weighted by molar-refractivity contribution is 6.29. The summed E-state index contributed by atoms with van der Waals surface area (Å²) in [7, 11) is 0. The molecule has 2 heterocycles. The number of aromatic amines is 1. The van der Waals surface area contributed by atoms with E-state index in [4.69, 9.17) is 16.3 Å². The SMILES string of the molecule is O=c1[nH]c(Cl)c(F)c(=O)n1CC1CCOCC1. The molecular formula is C10H12ClFN2O3. The lowest BCUT2D eigenvalue weighted by molar-refractivity contribution is 0.0604. The van der Waals surface area contributed by atoms with Crippen molar-refractivity contribution in [2.24, 2.45) is 5.92 Å². The molecule has 94 valence electrons. The first kappa shape index (κ1) is 12.3. The Balaban J connectivity index is 2.29. The molecule has 7 heteroatoms. The predicted molar refractivity (Wildman–Crippen MR) is 59.8 cm³/mol. The zero-order chi connectivity index (χ0) is 12.4. The van der Waals surface area contributed by atoms with Crippen molar-refractivity contribution in [3.63, 3.8) is 0 Å². The van der Waals surface area contributed by atoms with Crippen LogP contribution >= 0.6 is 11.6 Å². The third-order valence-electron chi connectivity index (χ3n) is 2.87. The van der Waals surface area contributed by atoms with Crippen molar-refractivity contribution in [1.29, 1.82) is 0 Å². The average Bonchev–Trinajstić information content (AvgIpc) is 2.33. The fraction of sp³-hybridized carbons (Fsp3) is 0.600. The van der Waals surface area contributed by atoms with Gasteiger partial charge in [0.05, 0.1) is 0 Å². The smallest absolute Gasteiger partial charge is 0.329 e. The Bertz CT molecular complexity index is 519. The van der Waals surface area contributed by atoms with Gasteiger partial charge < -0.3 is 4.74 Å². The molecule has 0 aliphatic carbocycles. The molecule has 0 spiro atoms. The molecule has 1 aliphatic rings. The van der Waals surface area contributed by atoms with Gasteiger partial charge in [-0.2, -0.15) is 4.39 Å². The number of rotatable bonds is 2. The summed E-state index contributed by atoms with van der Waals surface area (Å²) in [5.74, 6) is -0.957. The normalized spacial score (nSPS) is 17.3. The van der Waals surface area contributed by atoms with Crippen molar-refractivity contribution in [2.75, 3.05) is 13.2 Å². The van der Waals surface area contributed by atoms with Gasteiger partial charge in [0.2, 0.25) is 5.82 Å². The van der Waals surface area contributed by atoms with Gasteiger partial charge >= 0.3 is 5.69 Å². The van der Waals surface area contributed by atoms with E-state index in [9.17, 15) is 14.0 Å². The van der Waals surface area contributed by atoms with Crippen molar-refractivity contribution in [3.8, 4) is 0 Å². The maximum atomic E-state index is 13.3. The van der Waals surface area contributed by atoms with Crippen molar-refractivity contribution < 1.29 is 9.13 Å². The molecule has 1 aliphatic heterocycles. The third kappa shape index (κ3) is 2.58. The molecular weight excluding hydrogens is 251 g/mol. The largest absolute Gasteiger partial charge is 0.381 e. The van der Waals surface area contributed by atoms with Crippen LogP contribution in [0.4, 0.5) is 4.39 Å². The summed E-state index contributed by atoms with van der Waals surface area (Å²) >= 11 is 5.37. The second-order valence-electron chi connectivity index (χ2n) is 4.03. The van der Waals surface area contributed by atoms with Gasteiger partial charge in [-0.05, 0) is 18.8 Å².